The van der Waals surface area contributed by atoms with Crippen molar-refractivity contribution in [2.45, 2.75) is 6.54 Å². The van der Waals surface area contributed by atoms with Gasteiger partial charge < -0.3 is 10.3 Å². The Kier molecular flexibility index (Phi) is 3.57. The molecule has 0 amide bonds. The van der Waals surface area contributed by atoms with E-state index in [9.17, 15) is 0 Å². The number of nitrogen functional groups attached to an aromatic ring is 1. The largest absolute Gasteiger partial charge is 0.382 e. The minimum atomic E-state index is 0.397. The lowest BCUT2D eigenvalue weighted by Gasteiger charge is -2.10. The van der Waals surface area contributed by atoms with Crippen LogP contribution in [0.1, 0.15) is 5.56 Å². The minimum Gasteiger partial charge on any atom is -0.382 e. The average Bonchev–Trinajstić information content (AvgIpc) is 3.08. The highest BCUT2D eigenvalue weighted by Gasteiger charge is 2.16. The van der Waals surface area contributed by atoms with Gasteiger partial charge in [0.15, 0.2) is 17.0 Å². The van der Waals surface area contributed by atoms with Crippen LogP contribution in [0.3, 0.4) is 0 Å². The predicted octanol–water partition coefficient (Wildman–Crippen LogP) is 4.28. The number of benzene rings is 3. The molecule has 0 unspecified atom stereocenters. The maximum absolute atomic E-state index is 6.07. The molecule has 130 valence electrons. The molecule has 0 saturated carbocycles. The van der Waals surface area contributed by atoms with Crippen molar-refractivity contribution in [1.29, 1.82) is 0 Å². The van der Waals surface area contributed by atoms with Gasteiger partial charge in [-0.05, 0) is 22.4 Å². The molecule has 5 nitrogen and oxygen atoms in total. The molecule has 0 radical (unpaired) electrons. The van der Waals surface area contributed by atoms with Crippen LogP contribution in [-0.2, 0) is 6.54 Å². The van der Waals surface area contributed by atoms with Gasteiger partial charge >= 0.3 is 0 Å². The van der Waals surface area contributed by atoms with E-state index in [0.29, 0.717) is 17.9 Å². The molecule has 27 heavy (non-hydrogen) atoms. The summed E-state index contributed by atoms with van der Waals surface area (Å²) in [5.41, 5.74) is 9.66. The summed E-state index contributed by atoms with van der Waals surface area (Å²) in [5.74, 6) is 1.24. The molecule has 5 aromatic rings. The van der Waals surface area contributed by atoms with Gasteiger partial charge in [0.2, 0.25) is 0 Å². The Bertz CT molecular complexity index is 1260. The van der Waals surface area contributed by atoms with Crippen molar-refractivity contribution in [2.24, 2.45) is 0 Å². The Morgan fingerprint density at radius 1 is 0.815 bits per heavy atom. The lowest BCUT2D eigenvalue weighted by atomic mass is 10.1. The molecular weight excluding hydrogens is 334 g/mol. The van der Waals surface area contributed by atoms with Crippen LogP contribution in [0.4, 0.5) is 5.82 Å². The first-order chi connectivity index (χ1) is 13.3. The molecule has 0 fully saturated rings. The normalized spacial score (nSPS) is 11.3. The number of fused-ring (bicyclic) bond motifs is 2. The second kappa shape index (κ2) is 6.21. The van der Waals surface area contributed by atoms with Crippen molar-refractivity contribution in [1.82, 2.24) is 19.5 Å². The van der Waals surface area contributed by atoms with Crippen LogP contribution in [0, 0.1) is 0 Å². The molecule has 0 aliphatic carbocycles. The van der Waals surface area contributed by atoms with Gasteiger partial charge in [-0.2, -0.15) is 0 Å². The Labute approximate surface area is 156 Å². The number of hydrogen-bond acceptors (Lipinski definition) is 4. The van der Waals surface area contributed by atoms with Crippen molar-refractivity contribution in [3.63, 3.8) is 0 Å². The van der Waals surface area contributed by atoms with Crippen LogP contribution < -0.4 is 5.73 Å². The number of anilines is 1. The van der Waals surface area contributed by atoms with Crippen molar-refractivity contribution < 1.29 is 0 Å². The van der Waals surface area contributed by atoms with Crippen LogP contribution in [0.25, 0.3) is 33.3 Å². The molecule has 0 bridgehead atoms. The molecule has 0 atom stereocenters. The topological polar surface area (TPSA) is 69.6 Å². The van der Waals surface area contributed by atoms with Gasteiger partial charge in [0.1, 0.15) is 12.2 Å². The zero-order valence-corrected chi connectivity index (χ0v) is 14.6. The van der Waals surface area contributed by atoms with E-state index < -0.39 is 0 Å². The lowest BCUT2D eigenvalue weighted by molar-refractivity contribution is 0.823. The summed E-state index contributed by atoms with van der Waals surface area (Å²) in [5, 5.41) is 2.37. The van der Waals surface area contributed by atoms with Crippen molar-refractivity contribution in [3.05, 3.63) is 84.7 Å². The van der Waals surface area contributed by atoms with Crippen LogP contribution in [0.5, 0.6) is 0 Å². The fourth-order valence-corrected chi connectivity index (χ4v) is 3.42. The molecule has 2 N–H and O–H groups in total. The molecule has 5 heteroatoms. The Hall–Kier alpha value is -3.73. The summed E-state index contributed by atoms with van der Waals surface area (Å²) in [4.78, 5) is 13.4. The lowest BCUT2D eigenvalue weighted by Crippen LogP contribution is -2.03. The van der Waals surface area contributed by atoms with E-state index in [1.165, 1.54) is 22.7 Å². The summed E-state index contributed by atoms with van der Waals surface area (Å²) >= 11 is 0. The summed E-state index contributed by atoms with van der Waals surface area (Å²) in [6, 6.07) is 24.9. The third-order valence-electron chi connectivity index (χ3n) is 4.75. The molecule has 0 aliphatic rings. The van der Waals surface area contributed by atoms with Gasteiger partial charge in [0, 0.05) is 5.56 Å². The first-order valence-electron chi connectivity index (χ1n) is 8.79. The smallest absolute Gasteiger partial charge is 0.166 e. The molecule has 2 heterocycles. The highest BCUT2D eigenvalue weighted by molar-refractivity contribution is 5.89. The van der Waals surface area contributed by atoms with Crippen LogP contribution >= 0.6 is 0 Å². The van der Waals surface area contributed by atoms with E-state index in [2.05, 4.69) is 57.0 Å². The van der Waals surface area contributed by atoms with Crippen LogP contribution in [0.2, 0.25) is 0 Å². The second-order valence-electron chi connectivity index (χ2n) is 6.50. The average molecular weight is 351 g/mol. The number of nitrogens with two attached hydrogens (primary N) is 1. The number of hydrogen-bond donors (Lipinski definition) is 1. The van der Waals surface area contributed by atoms with Crippen LogP contribution in [0.15, 0.2) is 79.1 Å². The molecule has 2 aromatic heterocycles. The van der Waals surface area contributed by atoms with E-state index in [0.717, 1.165) is 17.0 Å². The predicted molar refractivity (Wildman–Crippen MR) is 108 cm³/mol. The van der Waals surface area contributed by atoms with Gasteiger partial charge in [0.25, 0.3) is 0 Å². The molecule has 3 aromatic carbocycles. The van der Waals surface area contributed by atoms with Crippen molar-refractivity contribution in [2.75, 3.05) is 5.73 Å². The quantitative estimate of drug-likeness (QED) is 0.527. The SMILES string of the molecule is Nc1ncnc2c1nc(-c1ccc3ccccc3c1)n2Cc1ccccc1. The van der Waals surface area contributed by atoms with Gasteiger partial charge in [0.05, 0.1) is 6.54 Å². The summed E-state index contributed by atoms with van der Waals surface area (Å²) < 4.78 is 2.10. The van der Waals surface area contributed by atoms with Crippen LogP contribution in [-0.4, -0.2) is 19.5 Å². The first-order valence-corrected chi connectivity index (χ1v) is 8.79. The highest BCUT2D eigenvalue weighted by atomic mass is 15.2. The number of imidazole rings is 1. The third-order valence-corrected chi connectivity index (χ3v) is 4.75. The van der Waals surface area contributed by atoms with Gasteiger partial charge in [-0.1, -0.05) is 66.7 Å². The first kappa shape index (κ1) is 15.5. The van der Waals surface area contributed by atoms with E-state index in [-0.39, 0.29) is 0 Å². The molecule has 5 rings (SSSR count). The third kappa shape index (κ3) is 2.69. The Balaban J connectivity index is 1.74. The van der Waals surface area contributed by atoms with Crippen molar-refractivity contribution in [3.8, 4) is 11.4 Å². The summed E-state index contributed by atoms with van der Waals surface area (Å²) in [6.07, 6.45) is 1.49. The Morgan fingerprint density at radius 2 is 1.59 bits per heavy atom. The number of aromatic nitrogens is 4. The highest BCUT2D eigenvalue weighted by Crippen LogP contribution is 2.29. The number of rotatable bonds is 3. The maximum atomic E-state index is 6.07. The van der Waals surface area contributed by atoms with E-state index in [1.54, 1.807) is 0 Å². The fraction of sp³-hybridized carbons (Fsp3) is 0.0455. The molecular formula is C22H17N5. The number of nitrogens with zero attached hydrogens (tertiary/aromatic N) is 4. The molecule has 0 aliphatic heterocycles. The zero-order chi connectivity index (χ0) is 18.2. The zero-order valence-electron chi connectivity index (χ0n) is 14.6. The molecule has 0 spiro atoms. The van der Waals surface area contributed by atoms with E-state index in [1.807, 2.05) is 30.3 Å². The fourth-order valence-electron chi connectivity index (χ4n) is 3.42. The standard InChI is InChI=1S/C22H17N5/c23-20-19-22(25-14-24-20)27(13-15-6-2-1-3-7-15)21(26-19)18-11-10-16-8-4-5-9-17(16)12-18/h1-12,14H,13H2,(H2,23,24,25). The van der Waals surface area contributed by atoms with E-state index >= 15 is 0 Å². The second-order valence-corrected chi connectivity index (χ2v) is 6.50. The summed E-state index contributed by atoms with van der Waals surface area (Å²) in [7, 11) is 0. The minimum absolute atomic E-state index is 0.397. The monoisotopic (exact) mass is 351 g/mol. The van der Waals surface area contributed by atoms with Gasteiger partial charge in [-0.25, -0.2) is 15.0 Å². The van der Waals surface area contributed by atoms with Gasteiger partial charge in [-0.3, -0.25) is 0 Å². The van der Waals surface area contributed by atoms with Crippen molar-refractivity contribution >= 4 is 27.8 Å². The van der Waals surface area contributed by atoms with E-state index in [4.69, 9.17) is 10.7 Å². The summed E-state index contributed by atoms with van der Waals surface area (Å²) in [6.45, 7) is 0.663. The maximum Gasteiger partial charge on any atom is 0.166 e. The Morgan fingerprint density at radius 3 is 2.44 bits per heavy atom. The van der Waals surface area contributed by atoms with Gasteiger partial charge in [-0.15, -0.1) is 0 Å². The molecule has 0 saturated heterocycles.